The number of nitrogens with one attached hydrogen (secondary N) is 3. The summed E-state index contributed by atoms with van der Waals surface area (Å²) in [5, 5.41) is 24.6. The first-order valence-corrected chi connectivity index (χ1v) is 25.0. The zero-order valence-corrected chi connectivity index (χ0v) is 42.6. The van der Waals surface area contributed by atoms with Gasteiger partial charge in [0.05, 0.1) is 32.8 Å². The van der Waals surface area contributed by atoms with Crippen LogP contribution in [-0.4, -0.2) is 83.6 Å². The van der Waals surface area contributed by atoms with Gasteiger partial charge in [-0.1, -0.05) is 38.1 Å². The van der Waals surface area contributed by atoms with Crippen molar-refractivity contribution in [2.75, 3.05) is 27.1 Å². The van der Waals surface area contributed by atoms with Gasteiger partial charge in [-0.25, -0.2) is 9.97 Å². The highest BCUT2D eigenvalue weighted by Crippen LogP contribution is 2.50. The monoisotopic (exact) mass is 1030 g/mol. The Balaban J connectivity index is 0.000000214. The summed E-state index contributed by atoms with van der Waals surface area (Å²) >= 11 is 2.80. The molecule has 378 valence electrons. The standard InChI is InChI=1S/C27H29N5O5S.C25H25N5O4S/c1-4-22(33)32(17-36-3)38-27(10-11-27)16-37-25-23-20(9-12-29-25)13-21(26(35)31(23)2)24(34)30-15-19-7-5-18(14-28)6-8-19;1-3-20(31)29-35-25(9-10-25)15-34-23-21-18(8-11-27-23)12-19(24(33)30(21)2)22(32)28-14-17-6-4-16(13-26)5-7-17/h5-9,12-13H,4,10-11,15-17H2,1-3H3,(H,30,34);4-8,11-12H,3,9-10,14-15H2,1-2H3,(H,28,32)(H,29,31). The minimum Gasteiger partial charge on any atom is -0.475 e. The third-order valence-corrected chi connectivity index (χ3v) is 14.9. The Morgan fingerprint density at radius 3 is 1.55 bits per heavy atom. The number of aryl methyl sites for hydroxylation is 2. The van der Waals surface area contributed by atoms with Crippen LogP contribution in [0.3, 0.4) is 0 Å². The van der Waals surface area contributed by atoms with Crippen LogP contribution in [0.15, 0.2) is 94.8 Å². The fourth-order valence-electron chi connectivity index (χ4n) is 7.42. The van der Waals surface area contributed by atoms with Crippen molar-refractivity contribution >= 4 is 69.3 Å². The zero-order chi connectivity index (χ0) is 52.3. The highest BCUT2D eigenvalue weighted by atomic mass is 32.2. The molecule has 0 bridgehead atoms. The second kappa shape index (κ2) is 23.7. The first-order chi connectivity index (χ1) is 35.2. The number of amides is 4. The minimum absolute atomic E-state index is 0.00768. The summed E-state index contributed by atoms with van der Waals surface area (Å²) < 4.78 is 24.0. The van der Waals surface area contributed by atoms with Gasteiger partial charge in [0, 0.05) is 70.3 Å². The Labute approximate surface area is 429 Å². The summed E-state index contributed by atoms with van der Waals surface area (Å²) in [6.45, 7) is 4.90. The van der Waals surface area contributed by atoms with Crippen LogP contribution in [0.5, 0.6) is 11.8 Å². The molecule has 2 fully saturated rings. The lowest BCUT2D eigenvalue weighted by Crippen LogP contribution is -2.32. The third kappa shape index (κ3) is 13.0. The lowest BCUT2D eigenvalue weighted by molar-refractivity contribution is -0.128. The summed E-state index contributed by atoms with van der Waals surface area (Å²) in [6.07, 6.45) is 7.52. The first-order valence-electron chi connectivity index (χ1n) is 23.4. The van der Waals surface area contributed by atoms with Crippen LogP contribution in [0.2, 0.25) is 0 Å². The van der Waals surface area contributed by atoms with Crippen molar-refractivity contribution in [2.24, 2.45) is 14.1 Å². The van der Waals surface area contributed by atoms with Gasteiger partial charge in [-0.05, 0) is 109 Å². The van der Waals surface area contributed by atoms with Crippen molar-refractivity contribution in [1.82, 2.24) is 38.8 Å². The van der Waals surface area contributed by atoms with Crippen molar-refractivity contribution in [3.63, 3.8) is 0 Å². The molecule has 0 spiro atoms. The summed E-state index contributed by atoms with van der Waals surface area (Å²) in [7, 11) is 4.72. The average molecular weight is 1030 g/mol. The van der Waals surface area contributed by atoms with Gasteiger partial charge in [-0.3, -0.25) is 37.8 Å². The number of methoxy groups -OCH3 is 1. The van der Waals surface area contributed by atoms with Crippen LogP contribution >= 0.6 is 23.9 Å². The number of carbonyl (C=O) groups is 4. The topological polar surface area (TPSA) is 253 Å². The maximum Gasteiger partial charge on any atom is 0.263 e. The summed E-state index contributed by atoms with van der Waals surface area (Å²) in [4.78, 5) is 84.4. The number of hydrogen-bond acceptors (Lipinski definition) is 15. The molecule has 2 aliphatic carbocycles. The second-order valence-corrected chi connectivity index (χ2v) is 20.3. The molecule has 8 rings (SSSR count). The Morgan fingerprint density at radius 2 is 1.15 bits per heavy atom. The molecule has 73 heavy (non-hydrogen) atoms. The normalized spacial score (nSPS) is 13.6. The molecule has 2 saturated carbocycles. The molecule has 19 nitrogen and oxygen atoms in total. The zero-order valence-electron chi connectivity index (χ0n) is 41.0. The second-order valence-electron chi connectivity index (χ2n) is 17.5. The molecule has 0 unspecified atom stereocenters. The van der Waals surface area contributed by atoms with Crippen LogP contribution in [0, 0.1) is 22.7 Å². The van der Waals surface area contributed by atoms with Gasteiger partial charge in [-0.2, -0.15) is 10.5 Å². The van der Waals surface area contributed by atoms with Crippen molar-refractivity contribution in [3.8, 4) is 23.9 Å². The number of rotatable bonds is 20. The van der Waals surface area contributed by atoms with E-state index in [1.165, 1.54) is 33.0 Å². The van der Waals surface area contributed by atoms with Crippen LogP contribution in [-0.2, 0) is 41.5 Å². The number of aromatic nitrogens is 4. The van der Waals surface area contributed by atoms with Crippen molar-refractivity contribution in [2.45, 2.75) is 75.0 Å². The van der Waals surface area contributed by atoms with E-state index in [0.29, 0.717) is 70.7 Å². The fraction of sp³-hybridized carbons (Fsp3) is 0.346. The number of ether oxygens (including phenoxy) is 3. The van der Waals surface area contributed by atoms with Crippen LogP contribution in [0.1, 0.15) is 95.3 Å². The fourth-order valence-corrected chi connectivity index (χ4v) is 9.57. The quantitative estimate of drug-likeness (QED) is 0.0589. The van der Waals surface area contributed by atoms with Gasteiger partial charge in [0.1, 0.15) is 42.1 Å². The van der Waals surface area contributed by atoms with E-state index < -0.39 is 22.9 Å². The number of benzene rings is 2. The third-order valence-electron chi connectivity index (χ3n) is 12.1. The van der Waals surface area contributed by atoms with Crippen molar-refractivity contribution in [1.29, 1.82) is 10.5 Å². The predicted molar refractivity (Wildman–Crippen MR) is 276 cm³/mol. The van der Waals surface area contributed by atoms with Crippen LogP contribution in [0.25, 0.3) is 21.8 Å². The number of carbonyl (C=O) groups excluding carboxylic acids is 4. The van der Waals surface area contributed by atoms with E-state index in [0.717, 1.165) is 36.8 Å². The van der Waals surface area contributed by atoms with E-state index in [1.54, 1.807) is 118 Å². The maximum atomic E-state index is 13.1. The molecular weight excluding hydrogens is 973 g/mol. The SMILES string of the molecule is CCC(=O)N(COC)SC1(COc2nccc3cc(C(=O)NCc4ccc(C#N)cc4)c(=O)n(C)c23)CC1.CCC(=O)NSC1(COc2nccc3cc(C(=O)NCc4ccc(C#N)cc4)c(=O)n(C)c23)CC1. The van der Waals surface area contributed by atoms with Gasteiger partial charge in [0.25, 0.3) is 22.9 Å². The Bertz CT molecular complexity index is 3250. The lowest BCUT2D eigenvalue weighted by atomic mass is 10.1. The minimum atomic E-state index is -0.497. The molecule has 0 atom stereocenters. The first kappa shape index (κ1) is 53.1. The molecule has 0 radical (unpaired) electrons. The highest BCUT2D eigenvalue weighted by Gasteiger charge is 2.48. The number of fused-ring (bicyclic) bond motifs is 2. The van der Waals surface area contributed by atoms with E-state index in [9.17, 15) is 28.8 Å². The molecule has 2 aromatic carbocycles. The van der Waals surface area contributed by atoms with Gasteiger partial charge in [0.2, 0.25) is 23.6 Å². The smallest absolute Gasteiger partial charge is 0.263 e. The summed E-state index contributed by atoms with van der Waals surface area (Å²) in [5.41, 5.74) is 2.77. The van der Waals surface area contributed by atoms with E-state index in [4.69, 9.17) is 24.7 Å². The number of nitrogens with zero attached hydrogens (tertiary/aromatic N) is 7. The maximum absolute atomic E-state index is 13.1. The van der Waals surface area contributed by atoms with Gasteiger partial charge in [0.15, 0.2) is 0 Å². The molecule has 0 saturated heterocycles. The Hall–Kier alpha value is -7.72. The van der Waals surface area contributed by atoms with E-state index in [-0.39, 0.29) is 52.3 Å². The van der Waals surface area contributed by atoms with E-state index in [1.807, 2.05) is 13.0 Å². The Morgan fingerprint density at radius 1 is 0.699 bits per heavy atom. The van der Waals surface area contributed by atoms with Crippen LogP contribution < -0.4 is 35.9 Å². The predicted octanol–water partition coefficient (Wildman–Crippen LogP) is 5.96. The Kier molecular flexibility index (Phi) is 17.2. The highest BCUT2D eigenvalue weighted by molar-refractivity contribution is 7.99. The van der Waals surface area contributed by atoms with Gasteiger partial charge in [-0.15, -0.1) is 0 Å². The summed E-state index contributed by atoms with van der Waals surface area (Å²) in [5.74, 6) is -0.436. The van der Waals surface area contributed by atoms with Crippen molar-refractivity contribution < 1.29 is 33.4 Å². The average Bonchev–Trinajstić information content (AvgIpc) is 4.37. The molecule has 4 amide bonds. The molecule has 21 heteroatoms. The van der Waals surface area contributed by atoms with E-state index >= 15 is 0 Å². The van der Waals surface area contributed by atoms with Crippen molar-refractivity contribution in [3.05, 3.63) is 139 Å². The molecule has 6 aromatic rings. The van der Waals surface area contributed by atoms with Crippen LogP contribution in [0.4, 0.5) is 0 Å². The molecule has 3 N–H and O–H groups in total. The molecular formula is C52H54N10O9S2. The van der Waals surface area contributed by atoms with E-state index in [2.05, 4.69) is 31.4 Å². The number of pyridine rings is 4. The number of hydrogen-bond donors (Lipinski definition) is 3. The molecule has 0 aliphatic heterocycles. The molecule has 4 heterocycles. The van der Waals surface area contributed by atoms with Gasteiger partial charge < -0.3 is 34.0 Å². The van der Waals surface area contributed by atoms with Gasteiger partial charge >= 0.3 is 0 Å². The number of nitriles is 2. The largest absolute Gasteiger partial charge is 0.475 e. The molecule has 4 aromatic heterocycles. The molecule has 2 aliphatic rings. The lowest BCUT2D eigenvalue weighted by Gasteiger charge is -2.25. The summed E-state index contributed by atoms with van der Waals surface area (Å²) in [6, 6.07) is 24.3.